The molecule has 2 aromatic rings. The Morgan fingerprint density at radius 2 is 1.80 bits per heavy atom. The Balaban J connectivity index is 2.05. The zero-order valence-corrected chi connectivity index (χ0v) is 11.7. The molecular weight excluding hydrogens is 304 g/mol. The lowest BCUT2D eigenvalue weighted by Gasteiger charge is -2.09. The van der Waals surface area contributed by atoms with Crippen LogP contribution in [0.2, 0.25) is 5.02 Å². The first-order chi connectivity index (χ1) is 9.56. The average molecular weight is 314 g/mol. The van der Waals surface area contributed by atoms with Crippen LogP contribution >= 0.6 is 23.2 Å². The third-order valence-electron chi connectivity index (χ3n) is 2.38. The molecule has 0 bridgehead atoms. The number of nitrogens with one attached hydrogen (secondary N) is 1. The maximum atomic E-state index is 12.5. The quantitative estimate of drug-likeness (QED) is 0.837. The highest BCUT2D eigenvalue weighted by Crippen LogP contribution is 2.29. The molecule has 0 radical (unpaired) electrons. The Labute approximate surface area is 125 Å². The van der Waals surface area contributed by atoms with Gasteiger partial charge in [-0.3, -0.25) is 4.79 Å². The number of hydrogen-bond acceptors (Lipinski definition) is 2. The van der Waals surface area contributed by atoms with E-state index in [1.54, 1.807) is 48.5 Å². The van der Waals surface area contributed by atoms with Crippen LogP contribution < -0.4 is 10.1 Å². The van der Waals surface area contributed by atoms with Crippen molar-refractivity contribution in [2.45, 2.75) is 5.63 Å². The molecule has 1 N–H and O–H groups in total. The topological polar surface area (TPSA) is 38.3 Å². The van der Waals surface area contributed by atoms with Gasteiger partial charge in [-0.15, -0.1) is 0 Å². The Morgan fingerprint density at radius 3 is 2.40 bits per heavy atom. The van der Waals surface area contributed by atoms with Crippen molar-refractivity contribution in [1.82, 2.24) is 0 Å². The molecular formula is C14H10Cl2FNO2. The van der Waals surface area contributed by atoms with Gasteiger partial charge in [0.15, 0.2) is 0 Å². The molecule has 0 fully saturated rings. The van der Waals surface area contributed by atoms with Crippen molar-refractivity contribution in [3.8, 4) is 11.5 Å². The fourth-order valence-corrected chi connectivity index (χ4v) is 1.69. The largest absolute Gasteiger partial charge is 0.456 e. The maximum Gasteiger partial charge on any atom is 0.274 e. The number of amides is 1. The van der Waals surface area contributed by atoms with Crippen LogP contribution in [0.3, 0.4) is 0 Å². The summed E-state index contributed by atoms with van der Waals surface area (Å²) in [5.41, 5.74) is -1.65. The lowest BCUT2D eigenvalue weighted by atomic mass is 10.3. The van der Waals surface area contributed by atoms with E-state index >= 15 is 0 Å². The van der Waals surface area contributed by atoms with Gasteiger partial charge in [0.25, 0.3) is 11.5 Å². The standard InChI is InChI=1S/C14H10Cl2FNO2/c15-11-3-1-2-4-12(11)20-10-7-5-9(6-8-10)18-14(19)13(16)17/h1-8,13H,(H,18,19). The van der Waals surface area contributed by atoms with E-state index in [1.807, 2.05) is 0 Å². The van der Waals surface area contributed by atoms with Gasteiger partial charge in [0.2, 0.25) is 0 Å². The Morgan fingerprint density at radius 1 is 1.15 bits per heavy atom. The molecule has 1 atom stereocenters. The molecule has 2 rings (SSSR count). The molecule has 2 aromatic carbocycles. The van der Waals surface area contributed by atoms with Crippen LogP contribution in [-0.4, -0.2) is 11.5 Å². The zero-order valence-electron chi connectivity index (χ0n) is 10.1. The molecule has 0 aromatic heterocycles. The van der Waals surface area contributed by atoms with Gasteiger partial charge >= 0.3 is 0 Å². The molecule has 3 nitrogen and oxygen atoms in total. The minimum absolute atomic E-state index is 0.421. The molecule has 0 saturated heterocycles. The molecule has 6 heteroatoms. The maximum absolute atomic E-state index is 12.5. The molecule has 1 amide bonds. The summed E-state index contributed by atoms with van der Waals surface area (Å²) in [5, 5.41) is 2.81. The van der Waals surface area contributed by atoms with Crippen LogP contribution in [0.25, 0.3) is 0 Å². The van der Waals surface area contributed by atoms with Gasteiger partial charge in [0.05, 0.1) is 5.02 Å². The molecule has 104 valence electrons. The summed E-state index contributed by atoms with van der Waals surface area (Å²) in [5.74, 6) is 0.153. The SMILES string of the molecule is O=C(Nc1ccc(Oc2ccccc2Cl)cc1)C(F)Cl. The minimum atomic E-state index is -2.07. The van der Waals surface area contributed by atoms with Gasteiger partial charge in [0, 0.05) is 5.69 Å². The monoisotopic (exact) mass is 313 g/mol. The van der Waals surface area contributed by atoms with Gasteiger partial charge in [-0.1, -0.05) is 35.3 Å². The van der Waals surface area contributed by atoms with Crippen LogP contribution in [0.5, 0.6) is 11.5 Å². The van der Waals surface area contributed by atoms with Crippen molar-refractivity contribution in [1.29, 1.82) is 0 Å². The molecule has 1 unspecified atom stereocenters. The molecule has 0 aliphatic rings. The van der Waals surface area contributed by atoms with E-state index in [0.29, 0.717) is 22.2 Å². The molecule has 0 aliphatic carbocycles. The molecule has 0 saturated carbocycles. The first-order valence-electron chi connectivity index (χ1n) is 5.68. The second-order valence-electron chi connectivity index (χ2n) is 3.85. The number of hydrogen-bond donors (Lipinski definition) is 1. The lowest BCUT2D eigenvalue weighted by Crippen LogP contribution is -2.19. The summed E-state index contributed by atoms with van der Waals surface area (Å²) >= 11 is 11.0. The van der Waals surface area contributed by atoms with Crippen LogP contribution in [0.4, 0.5) is 10.1 Å². The number of alkyl halides is 2. The number of anilines is 1. The summed E-state index contributed by atoms with van der Waals surface area (Å²) in [4.78, 5) is 11.1. The van der Waals surface area contributed by atoms with Crippen molar-refractivity contribution < 1.29 is 13.9 Å². The van der Waals surface area contributed by atoms with E-state index in [9.17, 15) is 9.18 Å². The van der Waals surface area contributed by atoms with Crippen LogP contribution in [0.15, 0.2) is 48.5 Å². The average Bonchev–Trinajstić information content (AvgIpc) is 2.43. The summed E-state index contributed by atoms with van der Waals surface area (Å²) in [6.07, 6.45) is 0. The molecule has 0 heterocycles. The molecule has 0 spiro atoms. The van der Waals surface area contributed by atoms with Crippen LogP contribution in [-0.2, 0) is 4.79 Å². The van der Waals surface area contributed by atoms with E-state index in [2.05, 4.69) is 5.32 Å². The highest BCUT2D eigenvalue weighted by Gasteiger charge is 2.13. The van der Waals surface area contributed by atoms with Crippen LogP contribution in [0, 0.1) is 0 Å². The molecule has 0 aliphatic heterocycles. The van der Waals surface area contributed by atoms with Gasteiger partial charge in [-0.2, -0.15) is 0 Å². The highest BCUT2D eigenvalue weighted by atomic mass is 35.5. The second-order valence-corrected chi connectivity index (χ2v) is 4.64. The minimum Gasteiger partial charge on any atom is -0.456 e. The zero-order chi connectivity index (χ0) is 14.5. The van der Waals surface area contributed by atoms with Gasteiger partial charge in [-0.25, -0.2) is 4.39 Å². The highest BCUT2D eigenvalue weighted by molar-refractivity contribution is 6.32. The number of ether oxygens (including phenoxy) is 1. The number of halogens is 3. The van der Waals surface area contributed by atoms with E-state index in [-0.39, 0.29) is 0 Å². The smallest absolute Gasteiger partial charge is 0.274 e. The molecule has 20 heavy (non-hydrogen) atoms. The third-order valence-corrected chi connectivity index (χ3v) is 2.89. The fraction of sp³-hybridized carbons (Fsp3) is 0.0714. The number of carbonyl (C=O) groups is 1. The number of carbonyl (C=O) groups excluding carboxylic acids is 1. The van der Waals surface area contributed by atoms with Crippen molar-refractivity contribution in [3.63, 3.8) is 0 Å². The van der Waals surface area contributed by atoms with E-state index in [4.69, 9.17) is 27.9 Å². The van der Waals surface area contributed by atoms with Crippen molar-refractivity contribution in [2.24, 2.45) is 0 Å². The Kier molecular flexibility index (Phi) is 4.82. The van der Waals surface area contributed by atoms with E-state index in [1.165, 1.54) is 0 Å². The van der Waals surface area contributed by atoms with Crippen LogP contribution in [0.1, 0.15) is 0 Å². The third kappa shape index (κ3) is 3.85. The van der Waals surface area contributed by atoms with Crippen molar-refractivity contribution in [3.05, 3.63) is 53.6 Å². The van der Waals surface area contributed by atoms with E-state index < -0.39 is 11.5 Å². The number of benzene rings is 2. The Bertz CT molecular complexity index is 602. The normalized spacial score (nSPS) is 11.8. The predicted octanol–water partition coefficient (Wildman–Crippen LogP) is 4.61. The first-order valence-corrected chi connectivity index (χ1v) is 6.49. The van der Waals surface area contributed by atoms with Crippen molar-refractivity contribution in [2.75, 3.05) is 5.32 Å². The first kappa shape index (κ1) is 14.6. The summed E-state index contributed by atoms with van der Waals surface area (Å²) in [6, 6.07) is 13.4. The Hall–Kier alpha value is -1.78. The fourth-order valence-electron chi connectivity index (χ4n) is 1.46. The number of rotatable bonds is 4. The second kappa shape index (κ2) is 6.59. The lowest BCUT2D eigenvalue weighted by molar-refractivity contribution is -0.118. The van der Waals surface area contributed by atoms with Gasteiger partial charge in [0.1, 0.15) is 11.5 Å². The van der Waals surface area contributed by atoms with Crippen molar-refractivity contribution >= 4 is 34.8 Å². The van der Waals surface area contributed by atoms with Gasteiger partial charge in [-0.05, 0) is 36.4 Å². The van der Waals surface area contributed by atoms with E-state index in [0.717, 1.165) is 0 Å². The number of para-hydroxylation sites is 1. The van der Waals surface area contributed by atoms with Gasteiger partial charge < -0.3 is 10.1 Å². The summed E-state index contributed by atoms with van der Waals surface area (Å²) in [6.45, 7) is 0. The summed E-state index contributed by atoms with van der Waals surface area (Å²) in [7, 11) is 0. The predicted molar refractivity (Wildman–Crippen MR) is 77.3 cm³/mol. The summed E-state index contributed by atoms with van der Waals surface area (Å²) < 4.78 is 18.1.